The van der Waals surface area contributed by atoms with Crippen LogP contribution in [0.15, 0.2) is 18.2 Å². The number of nitrogens with zero attached hydrogens (tertiary/aromatic N) is 1. The van der Waals surface area contributed by atoms with Crippen molar-refractivity contribution < 1.29 is 9.00 Å². The third kappa shape index (κ3) is 4.92. The molecule has 7 heteroatoms. The van der Waals surface area contributed by atoms with Crippen LogP contribution in [-0.4, -0.2) is 33.7 Å². The highest BCUT2D eigenvalue weighted by Crippen LogP contribution is 2.02. The molecule has 4 N–H and O–H groups in total. The number of hydrogen-bond donors (Lipinski definition) is 3. The molecule has 0 fully saturated rings. The first-order valence-corrected chi connectivity index (χ1v) is 6.88. The van der Waals surface area contributed by atoms with Gasteiger partial charge in [0.2, 0.25) is 0 Å². The van der Waals surface area contributed by atoms with Gasteiger partial charge in [0.05, 0.1) is 0 Å². The van der Waals surface area contributed by atoms with Crippen molar-refractivity contribution >= 4 is 22.5 Å². The normalized spacial score (nSPS) is 11.9. The summed E-state index contributed by atoms with van der Waals surface area (Å²) in [7, 11) is -0.823. The number of nitrogens with one attached hydrogen (secondary N) is 2. The number of carbonyl (C=O) groups excluding carboxylic acids is 1. The van der Waals surface area contributed by atoms with Crippen molar-refractivity contribution in [1.82, 2.24) is 10.3 Å². The van der Waals surface area contributed by atoms with E-state index >= 15 is 0 Å². The lowest BCUT2D eigenvalue weighted by Crippen LogP contribution is -2.26. The Morgan fingerprint density at radius 1 is 1.53 bits per heavy atom. The first-order chi connectivity index (χ1) is 8.13. The number of pyridine rings is 1. The second-order valence-corrected chi connectivity index (χ2v) is 4.99. The molecule has 94 valence electrons. The Hall–Kier alpha value is -1.47. The zero-order valence-corrected chi connectivity index (χ0v) is 10.4. The van der Waals surface area contributed by atoms with Crippen molar-refractivity contribution in [2.45, 2.75) is 6.42 Å². The molecule has 0 aromatic carbocycles. The summed E-state index contributed by atoms with van der Waals surface area (Å²) < 4.78 is 10.8. The highest BCUT2D eigenvalue weighted by atomic mass is 32.2. The van der Waals surface area contributed by atoms with E-state index in [4.69, 9.17) is 5.84 Å². The second-order valence-electron chi connectivity index (χ2n) is 3.44. The van der Waals surface area contributed by atoms with Crippen LogP contribution in [0.3, 0.4) is 0 Å². The van der Waals surface area contributed by atoms with Crippen LogP contribution < -0.4 is 16.6 Å². The molecule has 1 amide bonds. The van der Waals surface area contributed by atoms with Crippen molar-refractivity contribution in [2.75, 3.05) is 24.0 Å². The van der Waals surface area contributed by atoms with E-state index in [1.54, 1.807) is 24.5 Å². The summed E-state index contributed by atoms with van der Waals surface area (Å²) in [5, 5.41) is 2.70. The fraction of sp³-hybridized carbons (Fsp3) is 0.400. The van der Waals surface area contributed by atoms with E-state index in [0.717, 1.165) is 0 Å². The lowest BCUT2D eigenvalue weighted by molar-refractivity contribution is 0.0949. The van der Waals surface area contributed by atoms with Gasteiger partial charge in [-0.25, -0.2) is 10.8 Å². The minimum atomic E-state index is -0.823. The van der Waals surface area contributed by atoms with Crippen molar-refractivity contribution in [3.05, 3.63) is 23.9 Å². The van der Waals surface area contributed by atoms with Gasteiger partial charge in [-0.15, -0.1) is 0 Å². The predicted octanol–water partition coefficient (Wildman–Crippen LogP) is -0.134. The smallest absolute Gasteiger partial charge is 0.269 e. The molecule has 1 unspecified atom stereocenters. The van der Waals surface area contributed by atoms with Gasteiger partial charge in [-0.3, -0.25) is 9.00 Å². The number of carbonyl (C=O) groups is 1. The van der Waals surface area contributed by atoms with Crippen LogP contribution in [0.25, 0.3) is 0 Å². The first kappa shape index (κ1) is 13.6. The molecule has 6 nitrogen and oxygen atoms in total. The molecule has 1 aromatic rings. The maximum Gasteiger partial charge on any atom is 0.269 e. The van der Waals surface area contributed by atoms with E-state index in [-0.39, 0.29) is 5.91 Å². The van der Waals surface area contributed by atoms with Gasteiger partial charge < -0.3 is 10.7 Å². The first-order valence-electron chi connectivity index (χ1n) is 5.15. The lowest BCUT2D eigenvalue weighted by Gasteiger charge is -2.05. The van der Waals surface area contributed by atoms with E-state index in [0.29, 0.717) is 30.2 Å². The van der Waals surface area contributed by atoms with Crippen LogP contribution >= 0.6 is 0 Å². The third-order valence-corrected chi connectivity index (χ3v) is 2.89. The fourth-order valence-electron chi connectivity index (χ4n) is 1.21. The van der Waals surface area contributed by atoms with Gasteiger partial charge in [0.15, 0.2) is 0 Å². The van der Waals surface area contributed by atoms with Gasteiger partial charge in [0, 0.05) is 29.4 Å². The Kier molecular flexibility index (Phi) is 5.58. The summed E-state index contributed by atoms with van der Waals surface area (Å²) in [6.45, 7) is 0.486. The van der Waals surface area contributed by atoms with Gasteiger partial charge in [0.1, 0.15) is 11.5 Å². The van der Waals surface area contributed by atoms with Crippen LogP contribution in [0, 0.1) is 0 Å². The molecular weight excluding hydrogens is 240 g/mol. The molecule has 0 radical (unpaired) electrons. The largest absolute Gasteiger partial charge is 0.351 e. The van der Waals surface area contributed by atoms with Crippen LogP contribution in [0.1, 0.15) is 16.9 Å². The standard InChI is InChI=1S/C10H16N4O2S/c1-17(16)7-3-6-12-10(15)8-4-2-5-9(13-8)14-11/h2,4-5H,3,6-7,11H2,1H3,(H,12,15)(H,13,14). The van der Waals surface area contributed by atoms with E-state index in [1.807, 2.05) is 0 Å². The summed E-state index contributed by atoms with van der Waals surface area (Å²) in [5.41, 5.74) is 2.68. The number of anilines is 1. The lowest BCUT2D eigenvalue weighted by atomic mass is 10.3. The summed E-state index contributed by atoms with van der Waals surface area (Å²) >= 11 is 0. The minimum Gasteiger partial charge on any atom is -0.351 e. The van der Waals surface area contributed by atoms with E-state index in [1.165, 1.54) is 0 Å². The number of hydrazine groups is 1. The molecule has 0 saturated carbocycles. The highest BCUT2D eigenvalue weighted by molar-refractivity contribution is 7.84. The quantitative estimate of drug-likeness (QED) is 0.374. The number of rotatable bonds is 6. The predicted molar refractivity (Wildman–Crippen MR) is 67.9 cm³/mol. The highest BCUT2D eigenvalue weighted by Gasteiger charge is 2.06. The average molecular weight is 256 g/mol. The molecule has 0 bridgehead atoms. The van der Waals surface area contributed by atoms with Crippen molar-refractivity contribution in [3.8, 4) is 0 Å². The Labute approximate surface area is 102 Å². The molecule has 0 aliphatic rings. The summed E-state index contributed by atoms with van der Waals surface area (Å²) in [4.78, 5) is 15.6. The molecule has 1 atom stereocenters. The topological polar surface area (TPSA) is 97.1 Å². The SMILES string of the molecule is CS(=O)CCCNC(=O)c1cccc(NN)n1. The minimum absolute atomic E-state index is 0.260. The van der Waals surface area contributed by atoms with Gasteiger partial charge in [0.25, 0.3) is 5.91 Å². The number of aromatic nitrogens is 1. The molecule has 0 aliphatic heterocycles. The van der Waals surface area contributed by atoms with Gasteiger partial charge in [-0.1, -0.05) is 6.07 Å². The molecule has 0 saturated heterocycles. The third-order valence-electron chi connectivity index (χ3n) is 2.02. The van der Waals surface area contributed by atoms with Gasteiger partial charge in [-0.05, 0) is 18.6 Å². The van der Waals surface area contributed by atoms with Crippen LogP contribution in [0.4, 0.5) is 5.82 Å². The number of amides is 1. The summed E-state index contributed by atoms with van der Waals surface area (Å²) in [5.74, 6) is 5.95. The van der Waals surface area contributed by atoms with Gasteiger partial charge in [-0.2, -0.15) is 0 Å². The zero-order valence-electron chi connectivity index (χ0n) is 9.60. The molecule has 1 rings (SSSR count). The monoisotopic (exact) mass is 256 g/mol. The number of nitrogens with two attached hydrogens (primary N) is 1. The van der Waals surface area contributed by atoms with Gasteiger partial charge >= 0.3 is 0 Å². The Morgan fingerprint density at radius 3 is 2.94 bits per heavy atom. The molecule has 17 heavy (non-hydrogen) atoms. The van der Waals surface area contributed by atoms with Crippen LogP contribution in [-0.2, 0) is 10.8 Å². The average Bonchev–Trinajstić information content (AvgIpc) is 2.34. The number of hydrogen-bond acceptors (Lipinski definition) is 5. The van der Waals surface area contributed by atoms with E-state index in [9.17, 15) is 9.00 Å². The number of nitrogen functional groups attached to an aromatic ring is 1. The van der Waals surface area contributed by atoms with Crippen molar-refractivity contribution in [1.29, 1.82) is 0 Å². The van der Waals surface area contributed by atoms with E-state index in [2.05, 4.69) is 15.7 Å². The summed E-state index contributed by atoms with van der Waals surface area (Å²) in [6.07, 6.45) is 2.32. The van der Waals surface area contributed by atoms with Crippen molar-refractivity contribution in [2.24, 2.45) is 5.84 Å². The summed E-state index contributed by atoms with van der Waals surface area (Å²) in [6, 6.07) is 4.96. The Balaban J connectivity index is 2.43. The van der Waals surface area contributed by atoms with Crippen LogP contribution in [0.2, 0.25) is 0 Å². The second kappa shape index (κ2) is 6.97. The Morgan fingerprint density at radius 2 is 2.29 bits per heavy atom. The van der Waals surface area contributed by atoms with Crippen LogP contribution in [0.5, 0.6) is 0 Å². The maximum absolute atomic E-state index is 11.6. The zero-order chi connectivity index (χ0) is 12.7. The van der Waals surface area contributed by atoms with E-state index < -0.39 is 10.8 Å². The fourth-order valence-corrected chi connectivity index (χ4v) is 1.76. The molecule has 1 aromatic heterocycles. The maximum atomic E-state index is 11.6. The molecular formula is C10H16N4O2S. The Bertz CT molecular complexity index is 411. The van der Waals surface area contributed by atoms with Crippen molar-refractivity contribution in [3.63, 3.8) is 0 Å². The molecule has 0 spiro atoms. The molecule has 0 aliphatic carbocycles. The molecule has 1 heterocycles.